The first-order valence-electron chi connectivity index (χ1n) is 4.96. The highest BCUT2D eigenvalue weighted by Gasteiger charge is 2.03. The number of pyridine rings is 1. The van der Waals surface area contributed by atoms with Crippen molar-refractivity contribution >= 4 is 31.9 Å². The van der Waals surface area contributed by atoms with Gasteiger partial charge in [-0.3, -0.25) is 4.98 Å². The number of nitrogens with zero attached hydrogens (tertiary/aromatic N) is 1. The van der Waals surface area contributed by atoms with Crippen LogP contribution in [-0.4, -0.2) is 9.81 Å². The van der Waals surface area contributed by atoms with E-state index in [-0.39, 0.29) is 0 Å². The van der Waals surface area contributed by atoms with Gasteiger partial charge < -0.3 is 0 Å². The Labute approximate surface area is 103 Å². The van der Waals surface area contributed by atoms with Crippen molar-refractivity contribution in [3.8, 4) is 0 Å². The van der Waals surface area contributed by atoms with E-state index < -0.39 is 0 Å². The summed E-state index contributed by atoms with van der Waals surface area (Å²) in [6.45, 7) is 2.22. The molecule has 1 aromatic rings. The van der Waals surface area contributed by atoms with Gasteiger partial charge in [-0.15, -0.1) is 0 Å². The summed E-state index contributed by atoms with van der Waals surface area (Å²) in [5.41, 5.74) is 1.31. The van der Waals surface area contributed by atoms with Crippen LogP contribution in [0, 0.1) is 0 Å². The van der Waals surface area contributed by atoms with Gasteiger partial charge in [0.25, 0.3) is 0 Å². The summed E-state index contributed by atoms with van der Waals surface area (Å²) < 4.78 is 1.07. The number of aryl methyl sites for hydroxylation is 1. The Balaban J connectivity index is 2.37. The molecule has 1 rings (SSSR count). The fraction of sp³-hybridized carbons (Fsp3) is 0.545. The Hall–Kier alpha value is 0.110. The zero-order chi connectivity index (χ0) is 10.4. The molecule has 1 nitrogen and oxygen atoms in total. The maximum atomic E-state index is 4.15. The number of aromatic nitrogens is 1. The average molecular weight is 321 g/mol. The Morgan fingerprint density at radius 2 is 2.14 bits per heavy atom. The molecule has 0 radical (unpaired) electrons. The third-order valence-corrected chi connectivity index (χ3v) is 3.46. The lowest BCUT2D eigenvalue weighted by atomic mass is 10.1. The number of hydrogen-bond acceptors (Lipinski definition) is 1. The third-order valence-electron chi connectivity index (χ3n) is 2.11. The molecule has 0 fully saturated rings. The highest BCUT2D eigenvalue weighted by molar-refractivity contribution is 9.10. The van der Waals surface area contributed by atoms with Crippen LogP contribution in [0.25, 0.3) is 0 Å². The lowest BCUT2D eigenvalue weighted by Gasteiger charge is -2.07. The second kappa shape index (κ2) is 6.57. The minimum Gasteiger partial charge on any atom is -0.263 e. The van der Waals surface area contributed by atoms with Crippen LogP contribution in [0.3, 0.4) is 0 Å². The summed E-state index contributed by atoms with van der Waals surface area (Å²) in [5.74, 6) is 0. The fourth-order valence-corrected chi connectivity index (χ4v) is 2.47. The minimum atomic E-state index is 0.645. The Morgan fingerprint density at radius 3 is 2.79 bits per heavy atom. The number of alkyl halides is 1. The van der Waals surface area contributed by atoms with Crippen molar-refractivity contribution in [1.82, 2.24) is 4.98 Å². The second-order valence-corrected chi connectivity index (χ2v) is 5.65. The van der Waals surface area contributed by atoms with Crippen LogP contribution >= 0.6 is 31.9 Å². The van der Waals surface area contributed by atoms with Gasteiger partial charge in [0, 0.05) is 21.7 Å². The molecule has 1 aromatic heterocycles. The van der Waals surface area contributed by atoms with Gasteiger partial charge >= 0.3 is 0 Å². The quantitative estimate of drug-likeness (QED) is 0.735. The molecule has 1 unspecified atom stereocenters. The SMILES string of the molecule is CCCC(Br)CCc1cncc(Br)c1. The smallest absolute Gasteiger partial charge is 0.0410 e. The van der Waals surface area contributed by atoms with Crippen LogP contribution in [0.15, 0.2) is 22.9 Å². The van der Waals surface area contributed by atoms with E-state index in [0.717, 1.165) is 10.9 Å². The van der Waals surface area contributed by atoms with E-state index in [1.165, 1.54) is 24.8 Å². The molecular weight excluding hydrogens is 306 g/mol. The van der Waals surface area contributed by atoms with Crippen molar-refractivity contribution in [2.24, 2.45) is 0 Å². The van der Waals surface area contributed by atoms with Gasteiger partial charge in [0.1, 0.15) is 0 Å². The normalized spacial score (nSPS) is 12.8. The monoisotopic (exact) mass is 319 g/mol. The number of halogens is 2. The lowest BCUT2D eigenvalue weighted by Crippen LogP contribution is -1.99. The zero-order valence-corrected chi connectivity index (χ0v) is 11.5. The van der Waals surface area contributed by atoms with E-state index >= 15 is 0 Å². The van der Waals surface area contributed by atoms with Crippen LogP contribution in [0.5, 0.6) is 0 Å². The Kier molecular flexibility index (Phi) is 5.71. The largest absolute Gasteiger partial charge is 0.263 e. The molecule has 0 spiro atoms. The van der Waals surface area contributed by atoms with E-state index in [9.17, 15) is 0 Å². The molecule has 78 valence electrons. The van der Waals surface area contributed by atoms with E-state index in [1.807, 2.05) is 12.4 Å². The number of hydrogen-bond donors (Lipinski definition) is 0. The molecule has 0 saturated carbocycles. The first-order valence-corrected chi connectivity index (χ1v) is 6.66. The maximum Gasteiger partial charge on any atom is 0.0410 e. The number of rotatable bonds is 5. The van der Waals surface area contributed by atoms with Crippen molar-refractivity contribution < 1.29 is 0 Å². The van der Waals surface area contributed by atoms with E-state index in [4.69, 9.17) is 0 Å². The van der Waals surface area contributed by atoms with Crippen molar-refractivity contribution in [2.75, 3.05) is 0 Å². The van der Waals surface area contributed by atoms with Crippen LogP contribution in [0.4, 0.5) is 0 Å². The molecule has 0 aliphatic heterocycles. The average Bonchev–Trinajstić information content (AvgIpc) is 2.15. The summed E-state index contributed by atoms with van der Waals surface area (Å²) in [7, 11) is 0. The highest BCUT2D eigenvalue weighted by Crippen LogP contribution is 2.17. The van der Waals surface area contributed by atoms with Gasteiger partial charge in [-0.25, -0.2) is 0 Å². The molecule has 0 bridgehead atoms. The predicted molar refractivity (Wildman–Crippen MR) is 67.9 cm³/mol. The molecule has 3 heteroatoms. The molecule has 1 atom stereocenters. The molecule has 1 heterocycles. The van der Waals surface area contributed by atoms with Crippen LogP contribution < -0.4 is 0 Å². The summed E-state index contributed by atoms with van der Waals surface area (Å²) in [6.07, 6.45) is 8.54. The third kappa shape index (κ3) is 4.56. The van der Waals surface area contributed by atoms with Crippen molar-refractivity contribution in [3.63, 3.8) is 0 Å². The Bertz CT molecular complexity index is 276. The van der Waals surface area contributed by atoms with Gasteiger partial charge in [-0.1, -0.05) is 29.3 Å². The maximum absolute atomic E-state index is 4.15. The van der Waals surface area contributed by atoms with E-state index in [2.05, 4.69) is 49.8 Å². The van der Waals surface area contributed by atoms with Gasteiger partial charge in [0.2, 0.25) is 0 Å². The van der Waals surface area contributed by atoms with Gasteiger partial charge in [-0.05, 0) is 46.8 Å². The molecule has 0 N–H and O–H groups in total. The van der Waals surface area contributed by atoms with Crippen LogP contribution in [0.2, 0.25) is 0 Å². The molecule has 14 heavy (non-hydrogen) atoms. The zero-order valence-electron chi connectivity index (χ0n) is 8.34. The van der Waals surface area contributed by atoms with E-state index in [1.54, 1.807) is 0 Å². The highest BCUT2D eigenvalue weighted by atomic mass is 79.9. The molecular formula is C11H15Br2N. The molecule has 0 saturated heterocycles. The molecule has 0 aromatic carbocycles. The van der Waals surface area contributed by atoms with Crippen LogP contribution in [-0.2, 0) is 6.42 Å². The van der Waals surface area contributed by atoms with Crippen molar-refractivity contribution in [1.29, 1.82) is 0 Å². The molecule has 0 aliphatic carbocycles. The molecule has 0 amide bonds. The van der Waals surface area contributed by atoms with E-state index in [0.29, 0.717) is 4.83 Å². The molecule has 0 aliphatic rings. The lowest BCUT2D eigenvalue weighted by molar-refractivity contribution is 0.692. The second-order valence-electron chi connectivity index (χ2n) is 3.44. The minimum absolute atomic E-state index is 0.645. The standard InChI is InChI=1S/C11H15Br2N/c1-2-3-10(12)5-4-9-6-11(13)8-14-7-9/h6-8,10H,2-5H2,1H3. The fourth-order valence-electron chi connectivity index (χ4n) is 1.37. The first-order chi connectivity index (χ1) is 6.72. The Morgan fingerprint density at radius 1 is 1.36 bits per heavy atom. The van der Waals surface area contributed by atoms with Gasteiger partial charge in [0.15, 0.2) is 0 Å². The summed E-state index contributed by atoms with van der Waals surface area (Å²) >= 11 is 7.11. The first kappa shape index (κ1) is 12.2. The summed E-state index contributed by atoms with van der Waals surface area (Å²) in [6, 6.07) is 2.14. The summed E-state index contributed by atoms with van der Waals surface area (Å²) in [4.78, 5) is 4.79. The van der Waals surface area contributed by atoms with Gasteiger partial charge in [0.05, 0.1) is 0 Å². The van der Waals surface area contributed by atoms with Gasteiger partial charge in [-0.2, -0.15) is 0 Å². The van der Waals surface area contributed by atoms with Crippen LogP contribution in [0.1, 0.15) is 31.7 Å². The summed E-state index contributed by atoms with van der Waals surface area (Å²) in [5, 5.41) is 0. The topological polar surface area (TPSA) is 12.9 Å². The van der Waals surface area contributed by atoms with Crippen molar-refractivity contribution in [3.05, 3.63) is 28.5 Å². The predicted octanol–water partition coefficient (Wildman–Crippen LogP) is 4.34. The van der Waals surface area contributed by atoms with Crippen molar-refractivity contribution in [2.45, 2.75) is 37.4 Å².